The number of amides is 2. The van der Waals surface area contributed by atoms with Gasteiger partial charge in [-0.3, -0.25) is 0 Å². The van der Waals surface area contributed by atoms with Crippen molar-refractivity contribution in [3.63, 3.8) is 0 Å². The van der Waals surface area contributed by atoms with Crippen LogP contribution in [-0.2, 0) is 4.74 Å². The molecule has 236 valence electrons. The summed E-state index contributed by atoms with van der Waals surface area (Å²) in [5.74, 6) is -0.367. The summed E-state index contributed by atoms with van der Waals surface area (Å²) in [6.45, 7) is 4.74. The molecule has 0 fully saturated rings. The van der Waals surface area contributed by atoms with Crippen molar-refractivity contribution in [1.29, 1.82) is 0 Å². The second-order valence-corrected chi connectivity index (χ2v) is 11.5. The number of nitrogens with zero attached hydrogens (tertiary/aromatic N) is 4. The van der Waals surface area contributed by atoms with E-state index >= 15 is 0 Å². The Labute approximate surface area is 270 Å². The van der Waals surface area contributed by atoms with Crippen LogP contribution in [0.5, 0.6) is 0 Å². The van der Waals surface area contributed by atoms with Gasteiger partial charge in [0.05, 0.1) is 12.6 Å². The van der Waals surface area contributed by atoms with Crippen molar-refractivity contribution in [2.45, 2.75) is 25.2 Å². The molecule has 0 radical (unpaired) electrons. The third-order valence-corrected chi connectivity index (χ3v) is 8.29. The highest BCUT2D eigenvalue weighted by Gasteiger charge is 2.35. The van der Waals surface area contributed by atoms with E-state index in [0.717, 1.165) is 75.5 Å². The average molecular weight is 617 g/mol. The molecule has 0 heterocycles. The van der Waals surface area contributed by atoms with Crippen LogP contribution in [0.4, 0.5) is 9.59 Å². The van der Waals surface area contributed by atoms with E-state index < -0.39 is 12.2 Å². The number of fused-ring (bicyclic) bond motifs is 6. The van der Waals surface area contributed by atoms with Gasteiger partial charge >= 0.3 is 12.2 Å². The molecule has 4 aromatic carbocycles. The number of ether oxygens (including phenoxy) is 1. The summed E-state index contributed by atoms with van der Waals surface area (Å²) in [6, 6.07) is 34.7. The van der Waals surface area contributed by atoms with Gasteiger partial charge in [0.25, 0.3) is 0 Å². The molecule has 2 aliphatic carbocycles. The average Bonchev–Trinajstić information content (AvgIpc) is 3.56. The minimum Gasteiger partial charge on any atom is -0.465 e. The lowest BCUT2D eigenvalue weighted by molar-refractivity contribution is 0.0915. The second kappa shape index (κ2) is 15.3. The van der Waals surface area contributed by atoms with Crippen molar-refractivity contribution < 1.29 is 19.4 Å². The van der Waals surface area contributed by atoms with Gasteiger partial charge in [0.2, 0.25) is 0 Å². The molecule has 1 N–H and O–H groups in total. The second-order valence-electron chi connectivity index (χ2n) is 11.5. The van der Waals surface area contributed by atoms with E-state index in [0.29, 0.717) is 0 Å². The maximum atomic E-state index is 13.1. The summed E-state index contributed by atoms with van der Waals surface area (Å²) < 4.78 is 5.66. The van der Waals surface area contributed by atoms with Gasteiger partial charge in [-0.05, 0) is 78.5 Å². The smallest absolute Gasteiger partial charge is 0.419 e. The Morgan fingerprint density at radius 1 is 0.739 bits per heavy atom. The number of aliphatic imine (C=N–C) groups is 2. The fraction of sp³-hybridized carbons (Fsp3) is 0.289. The number of carbonyl (C=O) groups excluding carboxylic acids is 1. The number of rotatable bonds is 9. The highest BCUT2D eigenvalue weighted by molar-refractivity contribution is 5.88. The zero-order valence-electron chi connectivity index (χ0n) is 26.6. The summed E-state index contributed by atoms with van der Waals surface area (Å²) in [6.07, 6.45) is -1.08. The molecule has 0 unspecified atom stereocenters. The summed E-state index contributed by atoms with van der Waals surface area (Å²) in [5, 5.41) is 9.93. The molecular formula is C38H40N4O4. The third kappa shape index (κ3) is 7.26. The molecule has 4 aromatic rings. The summed E-state index contributed by atoms with van der Waals surface area (Å²) in [4.78, 5) is 36.1. The minimum atomic E-state index is -1.32. The largest absolute Gasteiger partial charge is 0.465 e. The fourth-order valence-electron chi connectivity index (χ4n) is 6.18. The van der Waals surface area contributed by atoms with Crippen LogP contribution in [0.25, 0.3) is 22.3 Å². The lowest BCUT2D eigenvalue weighted by Crippen LogP contribution is -2.39. The Kier molecular flexibility index (Phi) is 10.8. The molecule has 0 saturated carbocycles. The molecule has 0 bridgehead atoms. The summed E-state index contributed by atoms with van der Waals surface area (Å²) in [5.41, 5.74) is 8.61. The topological polar surface area (TPSA) is 94.8 Å². The van der Waals surface area contributed by atoms with Gasteiger partial charge in [0.15, 0.2) is 0 Å². The fourth-order valence-corrected chi connectivity index (χ4v) is 6.18. The zero-order valence-corrected chi connectivity index (χ0v) is 26.6. The van der Waals surface area contributed by atoms with Crippen LogP contribution in [0.15, 0.2) is 107 Å². The van der Waals surface area contributed by atoms with Gasteiger partial charge in [-0.2, -0.15) is 0 Å². The molecular weight excluding hydrogens is 576 g/mol. The van der Waals surface area contributed by atoms with Gasteiger partial charge in [-0.25, -0.2) is 24.5 Å². The highest BCUT2D eigenvalue weighted by Crippen LogP contribution is 2.46. The predicted octanol–water partition coefficient (Wildman–Crippen LogP) is 7.86. The van der Waals surface area contributed by atoms with Gasteiger partial charge in [0, 0.05) is 24.9 Å². The minimum absolute atomic E-state index is 0.0000337. The Hall–Kier alpha value is -5.04. The number of carboxylic acid groups (broad SMARTS) is 1. The predicted molar refractivity (Wildman–Crippen MR) is 182 cm³/mol. The van der Waals surface area contributed by atoms with Gasteiger partial charge in [0.1, 0.15) is 6.61 Å². The van der Waals surface area contributed by atoms with Crippen molar-refractivity contribution >= 4 is 18.2 Å². The van der Waals surface area contributed by atoms with Crippen molar-refractivity contribution in [2.24, 2.45) is 9.98 Å². The molecule has 8 heteroatoms. The SMILES string of the molecule is CCN=C=NCCCN(C)C.O=C(O)N(CC1c2ccccc2-c2ccccc21)C(=O)OCC1c2ccccc2-c2ccccc21. The summed E-state index contributed by atoms with van der Waals surface area (Å²) >= 11 is 0. The van der Waals surface area contributed by atoms with Crippen molar-refractivity contribution in [3.05, 3.63) is 119 Å². The van der Waals surface area contributed by atoms with Crippen LogP contribution in [-0.4, -0.2) is 80.0 Å². The number of imide groups is 1. The Morgan fingerprint density at radius 2 is 1.20 bits per heavy atom. The maximum Gasteiger partial charge on any atom is 0.419 e. The molecule has 0 aliphatic heterocycles. The van der Waals surface area contributed by atoms with E-state index in [2.05, 4.69) is 47.1 Å². The van der Waals surface area contributed by atoms with Gasteiger partial charge < -0.3 is 14.7 Å². The van der Waals surface area contributed by atoms with Crippen LogP contribution in [0, 0.1) is 0 Å². The van der Waals surface area contributed by atoms with Crippen LogP contribution in [0.1, 0.15) is 47.4 Å². The highest BCUT2D eigenvalue weighted by atomic mass is 16.6. The van der Waals surface area contributed by atoms with Gasteiger partial charge in [-0.15, -0.1) is 0 Å². The first-order valence-corrected chi connectivity index (χ1v) is 15.7. The van der Waals surface area contributed by atoms with E-state index in [9.17, 15) is 14.7 Å². The van der Waals surface area contributed by atoms with E-state index in [1.54, 1.807) is 0 Å². The number of benzene rings is 4. The standard InChI is InChI=1S/C30H23NO4.C8H17N3/c32-29(33)31(17-27-23-13-5-1-9-19(23)20-10-2-6-14-24(20)27)30(34)35-18-28-25-15-7-3-11-21(25)22-12-4-8-16-26(22)28;1-4-9-8-10-6-5-7-11(2)3/h1-16,27-28H,17-18H2,(H,32,33);4-7H2,1-3H3. The first-order chi connectivity index (χ1) is 22.4. The molecule has 0 spiro atoms. The first kappa shape index (κ1) is 32.4. The third-order valence-electron chi connectivity index (χ3n) is 8.29. The number of hydrogen-bond donors (Lipinski definition) is 1. The Bertz CT molecular complexity index is 1650. The number of hydrogen-bond acceptors (Lipinski definition) is 6. The Morgan fingerprint density at radius 3 is 1.63 bits per heavy atom. The van der Waals surface area contributed by atoms with E-state index in [-0.39, 0.29) is 25.0 Å². The lowest BCUT2D eigenvalue weighted by atomic mass is 9.96. The van der Waals surface area contributed by atoms with Crippen molar-refractivity contribution in [3.8, 4) is 22.3 Å². The molecule has 0 saturated heterocycles. The van der Waals surface area contributed by atoms with Crippen LogP contribution < -0.4 is 0 Å². The van der Waals surface area contributed by atoms with Crippen LogP contribution in [0.3, 0.4) is 0 Å². The van der Waals surface area contributed by atoms with Crippen molar-refractivity contribution in [2.75, 3.05) is 46.9 Å². The van der Waals surface area contributed by atoms with Gasteiger partial charge in [-0.1, -0.05) is 97.1 Å². The molecule has 6 rings (SSSR count). The quantitative estimate of drug-likeness (QED) is 0.153. The zero-order chi connectivity index (χ0) is 32.5. The van der Waals surface area contributed by atoms with Crippen molar-refractivity contribution in [1.82, 2.24) is 9.80 Å². The lowest BCUT2D eigenvalue weighted by Gasteiger charge is -2.23. The molecule has 8 nitrogen and oxygen atoms in total. The van der Waals surface area contributed by atoms with E-state index in [1.807, 2.05) is 91.9 Å². The molecule has 2 amide bonds. The molecule has 0 aromatic heterocycles. The van der Waals surface area contributed by atoms with Crippen LogP contribution in [0.2, 0.25) is 0 Å². The molecule has 0 atom stereocenters. The van der Waals surface area contributed by atoms with E-state index in [1.165, 1.54) is 0 Å². The summed E-state index contributed by atoms with van der Waals surface area (Å²) in [7, 11) is 4.12. The first-order valence-electron chi connectivity index (χ1n) is 15.7. The number of carbonyl (C=O) groups is 2. The Balaban J connectivity index is 0.000000327. The normalized spacial score (nSPS) is 12.5. The van der Waals surface area contributed by atoms with E-state index in [4.69, 9.17) is 4.74 Å². The molecule has 2 aliphatic rings. The van der Waals surface area contributed by atoms with Crippen LogP contribution >= 0.6 is 0 Å². The maximum absolute atomic E-state index is 13.1. The monoisotopic (exact) mass is 616 g/mol. The molecule has 46 heavy (non-hydrogen) atoms.